The molecule has 0 radical (unpaired) electrons. The molecule has 0 aromatic rings. The van der Waals surface area contributed by atoms with Gasteiger partial charge in [-0.15, -0.1) is 24.0 Å². The fourth-order valence-corrected chi connectivity index (χ4v) is 9.99. The molecule has 0 amide bonds. The molecular formula is C28H64I2P2. The van der Waals surface area contributed by atoms with Crippen molar-refractivity contribution in [3.63, 3.8) is 0 Å². The van der Waals surface area contributed by atoms with Crippen molar-refractivity contribution in [2.24, 2.45) is 0 Å². The van der Waals surface area contributed by atoms with Crippen LogP contribution in [0.2, 0.25) is 0 Å². The lowest BCUT2D eigenvalue weighted by Crippen LogP contribution is -3.00. The maximum absolute atomic E-state index is 2.39. The summed E-state index contributed by atoms with van der Waals surface area (Å²) in [4.78, 5) is 0. The van der Waals surface area contributed by atoms with Crippen molar-refractivity contribution < 1.29 is 24.0 Å². The van der Waals surface area contributed by atoms with Crippen LogP contribution < -0.4 is 24.0 Å². The molecule has 32 heavy (non-hydrogen) atoms. The number of rotatable bonds is 24. The van der Waals surface area contributed by atoms with Crippen LogP contribution in [0, 0.1) is 0 Å². The average Bonchev–Trinajstić information content (AvgIpc) is 2.74. The van der Waals surface area contributed by atoms with Crippen LogP contribution in [0.15, 0.2) is 0 Å². The summed E-state index contributed by atoms with van der Waals surface area (Å²) in [5.74, 6) is 0. The third kappa shape index (κ3) is 26.9. The second-order valence-electron chi connectivity index (χ2n) is 9.89. The van der Waals surface area contributed by atoms with E-state index in [-0.39, 0.29) is 57.9 Å². The van der Waals surface area contributed by atoms with E-state index < -0.39 is 7.26 Å². The lowest BCUT2D eigenvalue weighted by molar-refractivity contribution is -0.00000688. The molecule has 0 nitrogen and oxygen atoms in total. The minimum absolute atomic E-state index is 0. The Hall–Kier alpha value is 2.32. The molecule has 1 unspecified atom stereocenters. The van der Waals surface area contributed by atoms with Gasteiger partial charge in [-0.2, -0.15) is 9.90 Å². The van der Waals surface area contributed by atoms with Gasteiger partial charge in [-0.1, -0.05) is 124 Å². The minimum atomic E-state index is -0.630. The van der Waals surface area contributed by atoms with E-state index in [2.05, 4.69) is 27.7 Å². The topological polar surface area (TPSA) is 0 Å². The van der Waals surface area contributed by atoms with Gasteiger partial charge in [0, 0.05) is 7.26 Å². The number of hydrogen-bond donors (Lipinski definition) is 0. The van der Waals surface area contributed by atoms with Gasteiger partial charge in [-0.05, 0) is 32.1 Å². The molecule has 4 heteroatoms. The molecule has 0 bridgehead atoms. The lowest BCUT2D eigenvalue weighted by Gasteiger charge is -2.28. The zero-order valence-electron chi connectivity index (χ0n) is 22.9. The van der Waals surface area contributed by atoms with E-state index in [9.17, 15) is 0 Å². The lowest BCUT2D eigenvalue weighted by atomic mass is 10.0. The first kappa shape index (κ1) is 41.4. The predicted molar refractivity (Wildman–Crippen MR) is 168 cm³/mol. The zero-order valence-corrected chi connectivity index (χ0v) is 29.7. The molecule has 0 spiro atoms. The summed E-state index contributed by atoms with van der Waals surface area (Å²) < 4.78 is 0. The van der Waals surface area contributed by atoms with Crippen molar-refractivity contribution in [2.45, 2.75) is 156 Å². The molecule has 1 atom stereocenters. The van der Waals surface area contributed by atoms with Crippen LogP contribution in [-0.2, 0) is 0 Å². The Morgan fingerprint density at radius 2 is 0.562 bits per heavy atom. The van der Waals surface area contributed by atoms with E-state index in [1.807, 2.05) is 0 Å². The summed E-state index contributed by atoms with van der Waals surface area (Å²) >= 11 is 0. The van der Waals surface area contributed by atoms with Crippen LogP contribution in [0.5, 0.6) is 0 Å². The molecule has 0 fully saturated rings. The number of unbranched alkanes of at least 4 members (excludes halogenated alkanes) is 16. The quantitative estimate of drug-likeness (QED) is 0.0534. The average molecular weight is 717 g/mol. The first-order valence-corrected chi connectivity index (χ1v) is 16.6. The van der Waals surface area contributed by atoms with E-state index in [1.54, 1.807) is 31.1 Å². The van der Waals surface area contributed by atoms with Gasteiger partial charge in [0.15, 0.2) is 0 Å². The fourth-order valence-electron chi connectivity index (χ4n) is 4.79. The zero-order chi connectivity index (χ0) is 21.5. The summed E-state index contributed by atoms with van der Waals surface area (Å²) in [5.41, 5.74) is 0. The van der Waals surface area contributed by atoms with Gasteiger partial charge in [-0.3, -0.25) is 0 Å². The normalized spacial score (nSPS) is 10.9. The highest BCUT2D eigenvalue weighted by Gasteiger charge is 2.34. The molecule has 0 rings (SSSR count). The maximum Gasteiger partial charge on any atom is 0.0594 e. The summed E-state index contributed by atoms with van der Waals surface area (Å²) in [7, 11) is -0.630. The third-order valence-electron chi connectivity index (χ3n) is 6.94. The third-order valence-corrected chi connectivity index (χ3v) is 12.0. The Morgan fingerprint density at radius 3 is 0.844 bits per heavy atom. The van der Waals surface area contributed by atoms with Crippen molar-refractivity contribution in [3.05, 3.63) is 0 Å². The highest BCUT2D eigenvalue weighted by atomic mass is 127. The number of hydrogen-bond acceptors (Lipinski definition) is 0. The van der Waals surface area contributed by atoms with Crippen LogP contribution in [0.3, 0.4) is 0 Å². The summed E-state index contributed by atoms with van der Waals surface area (Å²) in [5, 5.41) is 0. The maximum atomic E-state index is 2.39. The second kappa shape index (κ2) is 33.3. The van der Waals surface area contributed by atoms with E-state index in [0.29, 0.717) is 0 Å². The molecule has 0 aliphatic heterocycles. The second-order valence-corrected chi connectivity index (χ2v) is 14.4. The highest BCUT2D eigenvalue weighted by molar-refractivity contribution is 14.0. The summed E-state index contributed by atoms with van der Waals surface area (Å²) in [6.45, 7) is 9.48. The predicted octanol–water partition coefficient (Wildman–Crippen LogP) is 8.57. The molecule has 0 aliphatic carbocycles. The van der Waals surface area contributed by atoms with Crippen molar-refractivity contribution in [3.8, 4) is 0 Å². The van der Waals surface area contributed by atoms with Crippen LogP contribution >= 0.6 is 41.1 Å². The van der Waals surface area contributed by atoms with Gasteiger partial charge in [0.2, 0.25) is 0 Å². The Morgan fingerprint density at radius 1 is 0.344 bits per heavy atom. The van der Waals surface area contributed by atoms with E-state index in [4.69, 9.17) is 0 Å². The number of halogens is 2. The van der Waals surface area contributed by atoms with Crippen LogP contribution in [0.1, 0.15) is 156 Å². The van der Waals surface area contributed by atoms with Crippen molar-refractivity contribution in [1.29, 1.82) is 0 Å². The van der Waals surface area contributed by atoms with E-state index in [1.165, 1.54) is 122 Å². The standard InChI is InChI=1S/C28H60P.2HI.H3P/c1-5-9-13-14-15-16-17-18-19-20-21-22-23-24-28-29(25-10-6-2,26-11-7-3)27-12-8-4;;;/h5-28H2,1-4H3;2*1H;1H3/q+1;;;/p-1. The molecule has 0 heterocycles. The van der Waals surface area contributed by atoms with Crippen molar-refractivity contribution in [2.75, 3.05) is 24.6 Å². The van der Waals surface area contributed by atoms with Gasteiger partial charge in [0.25, 0.3) is 0 Å². The monoisotopic (exact) mass is 716 g/mol. The van der Waals surface area contributed by atoms with Crippen molar-refractivity contribution >= 4 is 41.1 Å². The Kier molecular flexibility index (Phi) is 43.2. The highest BCUT2D eigenvalue weighted by Crippen LogP contribution is 2.61. The van der Waals surface area contributed by atoms with E-state index in [0.717, 1.165) is 0 Å². The van der Waals surface area contributed by atoms with Crippen LogP contribution in [0.25, 0.3) is 0 Å². The molecule has 0 aromatic carbocycles. The molecule has 0 aliphatic rings. The van der Waals surface area contributed by atoms with Crippen LogP contribution in [0.4, 0.5) is 0 Å². The SMILES string of the molecule is CCCCCCCCCCCCCCCC[P+](CCCC)(CCCC)CCCC.I.P.[I-]. The van der Waals surface area contributed by atoms with Gasteiger partial charge >= 0.3 is 0 Å². The molecule has 0 saturated heterocycles. The molecule has 0 aromatic heterocycles. The van der Waals surface area contributed by atoms with Gasteiger partial charge < -0.3 is 24.0 Å². The van der Waals surface area contributed by atoms with Gasteiger partial charge in [0.05, 0.1) is 24.6 Å². The first-order chi connectivity index (χ1) is 14.2. The summed E-state index contributed by atoms with van der Waals surface area (Å²) in [6.07, 6.45) is 36.0. The minimum Gasteiger partial charge on any atom is -1.00 e. The van der Waals surface area contributed by atoms with Crippen LogP contribution in [-0.4, -0.2) is 24.6 Å². The van der Waals surface area contributed by atoms with Crippen molar-refractivity contribution in [1.82, 2.24) is 0 Å². The molecule has 0 saturated carbocycles. The smallest absolute Gasteiger partial charge is 0.0594 e. The Labute approximate surface area is 244 Å². The largest absolute Gasteiger partial charge is 1.00 e. The van der Waals surface area contributed by atoms with E-state index >= 15 is 0 Å². The summed E-state index contributed by atoms with van der Waals surface area (Å²) in [6, 6.07) is 0. The van der Waals surface area contributed by atoms with Gasteiger partial charge in [-0.25, -0.2) is 0 Å². The fraction of sp³-hybridized carbons (Fsp3) is 1.00. The molecule has 200 valence electrons. The molecular weight excluding hydrogens is 652 g/mol. The Balaban J connectivity index is -0.00000131. The van der Waals surface area contributed by atoms with Gasteiger partial charge in [0.1, 0.15) is 0 Å². The molecule has 0 N–H and O–H groups in total. The Bertz CT molecular complexity index is 292. The first-order valence-electron chi connectivity index (χ1n) is 14.1.